The van der Waals surface area contributed by atoms with Crippen molar-refractivity contribution in [2.24, 2.45) is 0 Å². The number of carbonyl (C=O) groups excluding carboxylic acids is 3. The monoisotopic (exact) mass is 363 g/mol. The molecule has 0 aliphatic carbocycles. The number of fused-ring (bicyclic) bond motifs is 2. The molecule has 0 atom stereocenters. The highest BCUT2D eigenvalue weighted by atomic mass is 16.5. The van der Waals surface area contributed by atoms with Gasteiger partial charge in [-0.05, 0) is 30.2 Å². The lowest BCUT2D eigenvalue weighted by atomic mass is 9.98. The Morgan fingerprint density at radius 1 is 1.15 bits per heavy atom. The maximum absolute atomic E-state index is 12.5. The number of amides is 2. The molecule has 1 aromatic carbocycles. The second kappa shape index (κ2) is 6.68. The van der Waals surface area contributed by atoms with E-state index in [1.54, 1.807) is 30.5 Å². The van der Waals surface area contributed by atoms with Crippen LogP contribution in [0.15, 0.2) is 48.8 Å². The van der Waals surface area contributed by atoms with Gasteiger partial charge in [-0.2, -0.15) is 0 Å². The quantitative estimate of drug-likeness (QED) is 0.522. The van der Waals surface area contributed by atoms with E-state index in [1.807, 2.05) is 29.7 Å². The Hall–Kier alpha value is -3.48. The summed E-state index contributed by atoms with van der Waals surface area (Å²) in [6.07, 6.45) is 3.81. The van der Waals surface area contributed by atoms with Crippen LogP contribution in [-0.2, 0) is 27.4 Å². The molecule has 3 aromatic rings. The number of imidazole rings is 1. The van der Waals surface area contributed by atoms with Gasteiger partial charge in [0.1, 0.15) is 18.8 Å². The number of hydrogen-bond acceptors (Lipinski definition) is 5. The predicted octanol–water partition coefficient (Wildman–Crippen LogP) is 1.91. The fourth-order valence-electron chi connectivity index (χ4n) is 3.11. The molecule has 0 spiro atoms. The first-order chi connectivity index (χ1) is 13.0. The van der Waals surface area contributed by atoms with Gasteiger partial charge in [0, 0.05) is 18.0 Å². The van der Waals surface area contributed by atoms with E-state index in [1.165, 1.54) is 0 Å². The lowest BCUT2D eigenvalue weighted by molar-refractivity contribution is -0.149. The SMILES string of the molecule is Cc1ccc2nc(COC(=O)CN3C(=O)Cc4ccccc4C3=O)cn2c1. The summed E-state index contributed by atoms with van der Waals surface area (Å²) in [5, 5.41) is 0. The zero-order valence-electron chi connectivity index (χ0n) is 14.7. The molecule has 1 aliphatic rings. The summed E-state index contributed by atoms with van der Waals surface area (Å²) in [5.74, 6) is -1.52. The summed E-state index contributed by atoms with van der Waals surface area (Å²) in [6, 6.07) is 10.7. The summed E-state index contributed by atoms with van der Waals surface area (Å²) < 4.78 is 7.07. The molecular formula is C20H17N3O4. The summed E-state index contributed by atoms with van der Waals surface area (Å²) in [6.45, 7) is 1.55. The van der Waals surface area contributed by atoms with E-state index in [0.717, 1.165) is 16.1 Å². The highest BCUT2D eigenvalue weighted by Gasteiger charge is 2.32. The van der Waals surface area contributed by atoms with Gasteiger partial charge in [0.15, 0.2) is 0 Å². The third kappa shape index (κ3) is 3.31. The van der Waals surface area contributed by atoms with Crippen LogP contribution in [0.1, 0.15) is 27.2 Å². The highest BCUT2D eigenvalue weighted by Crippen LogP contribution is 2.19. The number of aromatic nitrogens is 2. The van der Waals surface area contributed by atoms with Crippen molar-refractivity contribution in [2.75, 3.05) is 6.54 Å². The zero-order valence-corrected chi connectivity index (χ0v) is 14.7. The van der Waals surface area contributed by atoms with Crippen LogP contribution in [0.5, 0.6) is 0 Å². The van der Waals surface area contributed by atoms with Gasteiger partial charge in [-0.3, -0.25) is 19.3 Å². The van der Waals surface area contributed by atoms with Crippen molar-refractivity contribution in [3.63, 3.8) is 0 Å². The smallest absolute Gasteiger partial charge is 0.326 e. The first kappa shape index (κ1) is 17.0. The Labute approximate surface area is 155 Å². The molecule has 7 nitrogen and oxygen atoms in total. The summed E-state index contributed by atoms with van der Waals surface area (Å²) in [7, 11) is 0. The van der Waals surface area contributed by atoms with Crippen molar-refractivity contribution in [1.82, 2.24) is 14.3 Å². The molecule has 27 heavy (non-hydrogen) atoms. The molecule has 7 heteroatoms. The van der Waals surface area contributed by atoms with Gasteiger partial charge in [-0.25, -0.2) is 4.98 Å². The number of ether oxygens (including phenoxy) is 1. The molecule has 2 amide bonds. The Morgan fingerprint density at radius 2 is 1.96 bits per heavy atom. The number of nitrogens with zero attached hydrogens (tertiary/aromatic N) is 3. The largest absolute Gasteiger partial charge is 0.458 e. The number of benzene rings is 1. The molecule has 0 bridgehead atoms. The van der Waals surface area contributed by atoms with Gasteiger partial charge < -0.3 is 9.14 Å². The Balaban J connectivity index is 1.41. The van der Waals surface area contributed by atoms with Crippen molar-refractivity contribution in [3.8, 4) is 0 Å². The molecule has 0 saturated heterocycles. The van der Waals surface area contributed by atoms with Crippen LogP contribution in [0.4, 0.5) is 0 Å². The summed E-state index contributed by atoms with van der Waals surface area (Å²) >= 11 is 0. The fraction of sp³-hybridized carbons (Fsp3) is 0.200. The number of carbonyl (C=O) groups is 3. The lowest BCUT2D eigenvalue weighted by Crippen LogP contribution is -2.45. The summed E-state index contributed by atoms with van der Waals surface area (Å²) in [5.41, 5.74) is 3.56. The van der Waals surface area contributed by atoms with Crippen molar-refractivity contribution < 1.29 is 19.1 Å². The minimum absolute atomic E-state index is 0.0215. The van der Waals surface area contributed by atoms with Crippen molar-refractivity contribution >= 4 is 23.4 Å². The van der Waals surface area contributed by atoms with E-state index in [2.05, 4.69) is 4.98 Å². The Bertz CT molecular complexity index is 1070. The third-order valence-corrected chi connectivity index (χ3v) is 4.45. The van der Waals surface area contributed by atoms with Crippen molar-refractivity contribution in [3.05, 3.63) is 71.2 Å². The number of hydrogen-bond donors (Lipinski definition) is 0. The van der Waals surface area contributed by atoms with E-state index in [9.17, 15) is 14.4 Å². The van der Waals surface area contributed by atoms with Crippen LogP contribution in [0.2, 0.25) is 0 Å². The maximum atomic E-state index is 12.5. The molecule has 0 radical (unpaired) electrons. The number of aryl methyl sites for hydroxylation is 1. The number of imide groups is 1. The molecule has 0 fully saturated rings. The van der Waals surface area contributed by atoms with Crippen LogP contribution in [-0.4, -0.2) is 38.6 Å². The second-order valence-corrected chi connectivity index (χ2v) is 6.48. The van der Waals surface area contributed by atoms with Gasteiger partial charge in [0.25, 0.3) is 5.91 Å². The first-order valence-corrected chi connectivity index (χ1v) is 8.54. The van der Waals surface area contributed by atoms with Crippen molar-refractivity contribution in [1.29, 1.82) is 0 Å². The van der Waals surface area contributed by atoms with Gasteiger partial charge in [-0.1, -0.05) is 24.3 Å². The molecule has 2 aromatic heterocycles. The van der Waals surface area contributed by atoms with Crippen LogP contribution in [0, 0.1) is 6.92 Å². The van der Waals surface area contributed by atoms with Crippen LogP contribution >= 0.6 is 0 Å². The maximum Gasteiger partial charge on any atom is 0.326 e. The number of rotatable bonds is 4. The van der Waals surface area contributed by atoms with Gasteiger partial charge in [0.05, 0.1) is 12.1 Å². The van der Waals surface area contributed by atoms with Crippen LogP contribution in [0.3, 0.4) is 0 Å². The van der Waals surface area contributed by atoms with E-state index < -0.39 is 24.3 Å². The average molecular weight is 363 g/mol. The van der Waals surface area contributed by atoms with E-state index in [4.69, 9.17) is 4.74 Å². The molecule has 0 saturated carbocycles. The zero-order chi connectivity index (χ0) is 19.0. The molecule has 136 valence electrons. The number of pyridine rings is 1. The van der Waals surface area contributed by atoms with Gasteiger partial charge in [0.2, 0.25) is 5.91 Å². The minimum atomic E-state index is -0.649. The highest BCUT2D eigenvalue weighted by molar-refractivity contribution is 6.11. The standard InChI is InChI=1S/C20H17N3O4/c1-13-6-7-17-21-15(10-22(17)9-13)12-27-19(25)11-23-18(24)8-14-4-2-3-5-16(14)20(23)26/h2-7,9-10H,8,11-12H2,1H3. The molecular weight excluding hydrogens is 346 g/mol. The normalized spacial score (nSPS) is 13.7. The van der Waals surface area contributed by atoms with E-state index >= 15 is 0 Å². The topological polar surface area (TPSA) is 81.0 Å². The van der Waals surface area contributed by atoms with Gasteiger partial charge >= 0.3 is 5.97 Å². The predicted molar refractivity (Wildman–Crippen MR) is 95.9 cm³/mol. The third-order valence-electron chi connectivity index (χ3n) is 4.45. The molecule has 4 rings (SSSR count). The second-order valence-electron chi connectivity index (χ2n) is 6.48. The van der Waals surface area contributed by atoms with E-state index in [-0.39, 0.29) is 13.0 Å². The lowest BCUT2D eigenvalue weighted by Gasteiger charge is -2.25. The minimum Gasteiger partial charge on any atom is -0.458 e. The number of esters is 1. The molecule has 1 aliphatic heterocycles. The molecule has 3 heterocycles. The summed E-state index contributed by atoms with van der Waals surface area (Å²) in [4.78, 5) is 42.1. The van der Waals surface area contributed by atoms with Gasteiger partial charge in [-0.15, -0.1) is 0 Å². The van der Waals surface area contributed by atoms with Crippen LogP contribution < -0.4 is 0 Å². The molecule has 0 unspecified atom stereocenters. The van der Waals surface area contributed by atoms with Crippen LogP contribution in [0.25, 0.3) is 5.65 Å². The van der Waals surface area contributed by atoms with Crippen molar-refractivity contribution in [2.45, 2.75) is 20.0 Å². The Kier molecular flexibility index (Phi) is 4.19. The first-order valence-electron chi connectivity index (χ1n) is 8.54. The fourth-order valence-corrected chi connectivity index (χ4v) is 3.11. The molecule has 0 N–H and O–H groups in total. The van der Waals surface area contributed by atoms with E-state index in [0.29, 0.717) is 16.8 Å². The Morgan fingerprint density at radius 3 is 2.81 bits per heavy atom. The average Bonchev–Trinajstić information content (AvgIpc) is 3.05.